The normalized spacial score (nSPS) is 12.5. The van der Waals surface area contributed by atoms with Crippen molar-refractivity contribution in [3.8, 4) is 11.3 Å². The summed E-state index contributed by atoms with van der Waals surface area (Å²) in [6.07, 6.45) is 3.02. The molecule has 1 aromatic rings. The molecule has 3 aliphatic rings. The van der Waals surface area contributed by atoms with Crippen LogP contribution in [0.3, 0.4) is 0 Å². The summed E-state index contributed by atoms with van der Waals surface area (Å²) < 4.78 is 16.8. The molecule has 1 aromatic heterocycles. The summed E-state index contributed by atoms with van der Waals surface area (Å²) in [7, 11) is 0. The lowest BCUT2D eigenvalue weighted by Gasteiger charge is -2.03. The zero-order valence-electron chi connectivity index (χ0n) is 9.80. The molecule has 0 unspecified atom stereocenters. The van der Waals surface area contributed by atoms with Crippen LogP contribution >= 0.6 is 0 Å². The largest absolute Gasteiger partial charge is 0.307 e. The van der Waals surface area contributed by atoms with Gasteiger partial charge in [-0.1, -0.05) is 0 Å². The second-order valence-corrected chi connectivity index (χ2v) is 4.47. The van der Waals surface area contributed by atoms with Crippen molar-refractivity contribution >= 4 is 11.7 Å². The Bertz CT molecular complexity index is 756. The molecule has 0 fully saturated rings. The third-order valence-corrected chi connectivity index (χ3v) is 3.25. The Balaban J connectivity index is 1.62. The molecule has 4 rings (SSSR count). The minimum Gasteiger partial charge on any atom is -0.307 e. The number of halogens is 1. The van der Waals surface area contributed by atoms with Gasteiger partial charge in [0.2, 0.25) is 0 Å². The van der Waals surface area contributed by atoms with Crippen molar-refractivity contribution in [3.63, 3.8) is 0 Å². The van der Waals surface area contributed by atoms with Crippen molar-refractivity contribution in [2.24, 2.45) is 0 Å². The standard InChI is InChI=1S/C13H9FN4O/c14-8-1-4-12(15-5-8)16-13(19)9-2-3-11-10(9)6-17-7-18(11)17/h1-6H,7H2,(H,15,16,19). The van der Waals surface area contributed by atoms with Gasteiger partial charge in [-0.05, 0) is 24.3 Å². The molecule has 0 bridgehead atoms. The van der Waals surface area contributed by atoms with Crippen molar-refractivity contribution in [1.82, 2.24) is 14.3 Å². The van der Waals surface area contributed by atoms with Gasteiger partial charge in [0.1, 0.15) is 18.3 Å². The Morgan fingerprint density at radius 2 is 2.21 bits per heavy atom. The van der Waals surface area contributed by atoms with Gasteiger partial charge < -0.3 is 5.32 Å². The number of carbonyl (C=O) groups excluding carboxylic acids is 1. The molecular formula is C13H9FN4O. The van der Waals surface area contributed by atoms with E-state index in [4.69, 9.17) is 0 Å². The van der Waals surface area contributed by atoms with Crippen LogP contribution in [0.2, 0.25) is 0 Å². The van der Waals surface area contributed by atoms with Crippen molar-refractivity contribution in [3.05, 3.63) is 48.0 Å². The minimum absolute atomic E-state index is 0.236. The molecule has 19 heavy (non-hydrogen) atoms. The maximum absolute atomic E-state index is 12.7. The highest BCUT2D eigenvalue weighted by molar-refractivity contribution is 6.09. The SMILES string of the molecule is O=C(Nc1ccc(F)cn1)c1ccc2n3n(cc1-2)C3. The lowest BCUT2D eigenvalue weighted by molar-refractivity contribution is 0.102. The number of hydrogen-bond donors (Lipinski definition) is 1. The van der Waals surface area contributed by atoms with E-state index in [1.165, 1.54) is 12.1 Å². The van der Waals surface area contributed by atoms with Crippen LogP contribution in [0.25, 0.3) is 11.3 Å². The molecule has 1 aliphatic carbocycles. The highest BCUT2D eigenvalue weighted by Crippen LogP contribution is 2.34. The van der Waals surface area contributed by atoms with Gasteiger partial charge in [0, 0.05) is 11.8 Å². The molecule has 5 nitrogen and oxygen atoms in total. The summed E-state index contributed by atoms with van der Waals surface area (Å²) in [5, 5.41) is 2.66. The lowest BCUT2D eigenvalue weighted by Crippen LogP contribution is -2.12. The highest BCUT2D eigenvalue weighted by atomic mass is 19.1. The fraction of sp³-hybridized carbons (Fsp3) is 0.0769. The van der Waals surface area contributed by atoms with Crippen molar-refractivity contribution < 1.29 is 9.18 Å². The van der Waals surface area contributed by atoms with Crippen LogP contribution in [0, 0.1) is 5.82 Å². The minimum atomic E-state index is -0.429. The van der Waals surface area contributed by atoms with Gasteiger partial charge in [-0.2, -0.15) is 0 Å². The van der Waals surface area contributed by atoms with Gasteiger partial charge in [-0.25, -0.2) is 9.37 Å². The molecule has 1 N–H and O–H groups in total. The molecule has 3 heterocycles. The first-order valence-electron chi connectivity index (χ1n) is 5.84. The van der Waals surface area contributed by atoms with E-state index in [9.17, 15) is 9.18 Å². The zero-order chi connectivity index (χ0) is 13.0. The number of aromatic nitrogens is 3. The smallest absolute Gasteiger partial charge is 0.257 e. The number of nitrogens with one attached hydrogen (secondary N) is 1. The number of pyridine rings is 1. The maximum Gasteiger partial charge on any atom is 0.257 e. The number of hydrogen-bond acceptors (Lipinski definition) is 2. The fourth-order valence-electron chi connectivity index (χ4n) is 2.26. The van der Waals surface area contributed by atoms with Gasteiger partial charge in [-0.15, -0.1) is 0 Å². The zero-order valence-corrected chi connectivity index (χ0v) is 9.80. The van der Waals surface area contributed by atoms with E-state index < -0.39 is 5.82 Å². The Labute approximate surface area is 107 Å². The van der Waals surface area contributed by atoms with Gasteiger partial charge in [-0.3, -0.25) is 14.2 Å². The first kappa shape index (κ1) is 10.3. The Morgan fingerprint density at radius 1 is 1.32 bits per heavy atom. The van der Waals surface area contributed by atoms with E-state index in [1.807, 2.05) is 16.9 Å². The molecule has 6 heteroatoms. The summed E-state index contributed by atoms with van der Waals surface area (Å²) >= 11 is 0. The molecule has 0 spiro atoms. The predicted molar refractivity (Wildman–Crippen MR) is 66.6 cm³/mol. The number of amides is 1. The summed E-state index contributed by atoms with van der Waals surface area (Å²) in [5.41, 5.74) is 2.58. The van der Waals surface area contributed by atoms with Crippen LogP contribution in [0.1, 0.15) is 10.4 Å². The quantitative estimate of drug-likeness (QED) is 0.596. The van der Waals surface area contributed by atoms with Crippen molar-refractivity contribution in [1.29, 1.82) is 0 Å². The highest BCUT2D eigenvalue weighted by Gasteiger charge is 2.27. The summed E-state index contributed by atoms with van der Waals surface area (Å²) in [6.45, 7) is 0.886. The van der Waals surface area contributed by atoms with Crippen LogP contribution in [-0.4, -0.2) is 20.3 Å². The molecule has 0 aromatic carbocycles. The molecular weight excluding hydrogens is 247 g/mol. The van der Waals surface area contributed by atoms with E-state index >= 15 is 0 Å². The van der Waals surface area contributed by atoms with Crippen LogP contribution < -0.4 is 5.32 Å². The Morgan fingerprint density at radius 3 is 3.00 bits per heavy atom. The van der Waals surface area contributed by atoms with Gasteiger partial charge in [0.15, 0.2) is 0 Å². The predicted octanol–water partition coefficient (Wildman–Crippen LogP) is 2.00. The van der Waals surface area contributed by atoms with E-state index in [-0.39, 0.29) is 5.91 Å². The number of fused-ring (bicyclic) bond motifs is 3. The van der Waals surface area contributed by atoms with Gasteiger partial charge >= 0.3 is 0 Å². The number of nitrogens with zero attached hydrogens (tertiary/aromatic N) is 3. The maximum atomic E-state index is 12.7. The molecule has 0 atom stereocenters. The first-order valence-corrected chi connectivity index (χ1v) is 5.84. The second-order valence-electron chi connectivity index (χ2n) is 4.47. The fourth-order valence-corrected chi connectivity index (χ4v) is 2.26. The van der Waals surface area contributed by atoms with E-state index in [0.29, 0.717) is 11.4 Å². The topological polar surface area (TPSA) is 51.9 Å². The van der Waals surface area contributed by atoms with Gasteiger partial charge in [0.05, 0.1) is 17.5 Å². The molecule has 2 aliphatic heterocycles. The molecule has 94 valence electrons. The van der Waals surface area contributed by atoms with Crippen LogP contribution in [0.4, 0.5) is 10.2 Å². The first-order chi connectivity index (χ1) is 9.22. The summed E-state index contributed by atoms with van der Waals surface area (Å²) in [4.78, 5) is 15.9. The lowest BCUT2D eigenvalue weighted by atomic mass is 10.2. The average Bonchev–Trinajstić information content (AvgIpc) is 2.89. The number of carbonyl (C=O) groups is 1. The average molecular weight is 256 g/mol. The third-order valence-electron chi connectivity index (χ3n) is 3.25. The molecule has 1 amide bonds. The summed E-state index contributed by atoms with van der Waals surface area (Å²) in [6, 6.07) is 6.41. The third kappa shape index (κ3) is 1.53. The Kier molecular flexibility index (Phi) is 1.87. The van der Waals surface area contributed by atoms with Crippen molar-refractivity contribution in [2.45, 2.75) is 6.67 Å². The van der Waals surface area contributed by atoms with E-state index in [0.717, 1.165) is 24.1 Å². The van der Waals surface area contributed by atoms with E-state index in [2.05, 4.69) is 15.0 Å². The second kappa shape index (κ2) is 3.44. The van der Waals surface area contributed by atoms with E-state index in [1.54, 1.807) is 6.07 Å². The summed E-state index contributed by atoms with van der Waals surface area (Å²) in [5.74, 6) is -0.327. The monoisotopic (exact) mass is 256 g/mol. The van der Waals surface area contributed by atoms with Crippen LogP contribution in [0.15, 0.2) is 36.7 Å². The van der Waals surface area contributed by atoms with Crippen LogP contribution in [0.5, 0.6) is 0 Å². The van der Waals surface area contributed by atoms with Gasteiger partial charge in [0.25, 0.3) is 5.91 Å². The van der Waals surface area contributed by atoms with Crippen LogP contribution in [-0.2, 0) is 6.67 Å². The number of anilines is 1. The number of rotatable bonds is 2. The Hall–Kier alpha value is -2.63. The van der Waals surface area contributed by atoms with Crippen molar-refractivity contribution in [2.75, 3.05) is 5.32 Å². The molecule has 0 saturated carbocycles. The molecule has 0 radical (unpaired) electrons. The molecule has 0 saturated heterocycles.